The molecular weight excluding hydrogens is 417 g/mol. The SMILES string of the molecule is CN(Cc1ccc(Br)o1)S(=O)(=O)c1cc(Br)ccc1F. The molecular formula is C12H10Br2FNO3S. The third kappa shape index (κ3) is 3.30. The van der Waals surface area contributed by atoms with E-state index in [9.17, 15) is 12.8 Å². The number of sulfonamides is 1. The maximum Gasteiger partial charge on any atom is 0.246 e. The molecule has 0 bridgehead atoms. The van der Waals surface area contributed by atoms with Gasteiger partial charge in [-0.1, -0.05) is 15.9 Å². The number of furan rings is 1. The molecule has 0 atom stereocenters. The summed E-state index contributed by atoms with van der Waals surface area (Å²) in [5.41, 5.74) is 0. The maximum atomic E-state index is 13.7. The molecule has 1 aromatic carbocycles. The van der Waals surface area contributed by atoms with Gasteiger partial charge >= 0.3 is 0 Å². The zero-order valence-corrected chi connectivity index (χ0v) is 14.3. The van der Waals surface area contributed by atoms with E-state index in [0.717, 1.165) is 10.4 Å². The van der Waals surface area contributed by atoms with Gasteiger partial charge in [0, 0.05) is 11.5 Å². The van der Waals surface area contributed by atoms with Crippen molar-refractivity contribution in [1.82, 2.24) is 4.31 Å². The number of nitrogens with zero attached hydrogens (tertiary/aromatic N) is 1. The van der Waals surface area contributed by atoms with Gasteiger partial charge in [0.25, 0.3) is 0 Å². The average Bonchev–Trinajstić information content (AvgIpc) is 2.77. The highest BCUT2D eigenvalue weighted by Crippen LogP contribution is 2.24. The van der Waals surface area contributed by atoms with Crippen LogP contribution in [0.25, 0.3) is 0 Å². The van der Waals surface area contributed by atoms with Gasteiger partial charge in [-0.05, 0) is 46.3 Å². The first kappa shape index (κ1) is 15.7. The third-order valence-electron chi connectivity index (χ3n) is 2.59. The van der Waals surface area contributed by atoms with Crippen LogP contribution in [0.3, 0.4) is 0 Å². The fourth-order valence-corrected chi connectivity index (χ4v) is 3.66. The summed E-state index contributed by atoms with van der Waals surface area (Å²) in [6.07, 6.45) is 0. The molecule has 4 nitrogen and oxygen atoms in total. The molecule has 0 fully saturated rings. The molecule has 20 heavy (non-hydrogen) atoms. The molecule has 0 amide bonds. The van der Waals surface area contributed by atoms with Crippen molar-refractivity contribution < 1.29 is 17.2 Å². The number of hydrogen-bond donors (Lipinski definition) is 0. The minimum atomic E-state index is -3.93. The Labute approximate surface area is 132 Å². The molecule has 1 heterocycles. The van der Waals surface area contributed by atoms with Gasteiger partial charge in [0.05, 0.1) is 6.54 Å². The van der Waals surface area contributed by atoms with Crippen molar-refractivity contribution in [1.29, 1.82) is 0 Å². The second-order valence-corrected chi connectivity index (χ2v) is 7.75. The Morgan fingerprint density at radius 1 is 1.25 bits per heavy atom. The number of benzene rings is 1. The molecule has 2 rings (SSSR count). The van der Waals surface area contributed by atoms with Gasteiger partial charge in [-0.25, -0.2) is 12.8 Å². The normalized spacial score (nSPS) is 12.1. The Bertz CT molecular complexity index is 730. The lowest BCUT2D eigenvalue weighted by Crippen LogP contribution is -2.27. The Morgan fingerprint density at radius 3 is 2.55 bits per heavy atom. The van der Waals surface area contributed by atoms with Crippen LogP contribution in [0, 0.1) is 5.82 Å². The minimum absolute atomic E-state index is 0.0138. The van der Waals surface area contributed by atoms with E-state index in [0.29, 0.717) is 14.9 Å². The summed E-state index contributed by atoms with van der Waals surface area (Å²) in [7, 11) is -2.56. The fourth-order valence-electron chi connectivity index (χ4n) is 1.58. The highest BCUT2D eigenvalue weighted by molar-refractivity contribution is 9.10. The molecule has 0 unspecified atom stereocenters. The van der Waals surface area contributed by atoms with Crippen LogP contribution in [-0.2, 0) is 16.6 Å². The standard InChI is InChI=1S/C12H10Br2FNO3S/c1-16(7-9-3-5-12(14)19-9)20(17,18)11-6-8(13)2-4-10(11)15/h2-6H,7H2,1H3. The smallest absolute Gasteiger partial charge is 0.246 e. The van der Waals surface area contributed by atoms with E-state index >= 15 is 0 Å². The number of rotatable bonds is 4. The van der Waals surface area contributed by atoms with E-state index in [4.69, 9.17) is 4.42 Å². The van der Waals surface area contributed by atoms with Crippen LogP contribution in [0.15, 0.2) is 48.8 Å². The summed E-state index contributed by atoms with van der Waals surface area (Å²) in [6.45, 7) is 0.0138. The molecule has 108 valence electrons. The lowest BCUT2D eigenvalue weighted by Gasteiger charge is -2.16. The lowest BCUT2D eigenvalue weighted by atomic mass is 10.3. The molecule has 0 saturated carbocycles. The van der Waals surface area contributed by atoms with E-state index in [2.05, 4.69) is 31.9 Å². The van der Waals surface area contributed by atoms with Crippen LogP contribution in [0.4, 0.5) is 4.39 Å². The van der Waals surface area contributed by atoms with Crippen molar-refractivity contribution in [3.05, 3.63) is 51.1 Å². The summed E-state index contributed by atoms with van der Waals surface area (Å²) in [5, 5.41) is 0. The van der Waals surface area contributed by atoms with Crippen molar-refractivity contribution in [2.24, 2.45) is 0 Å². The van der Waals surface area contributed by atoms with Crippen molar-refractivity contribution in [2.75, 3.05) is 7.05 Å². The minimum Gasteiger partial charge on any atom is -0.453 e. The van der Waals surface area contributed by atoms with E-state index in [1.807, 2.05) is 0 Å². The van der Waals surface area contributed by atoms with E-state index in [-0.39, 0.29) is 11.4 Å². The Hall–Kier alpha value is -0.700. The molecule has 1 aromatic heterocycles. The predicted molar refractivity (Wildman–Crippen MR) is 79.2 cm³/mol. The van der Waals surface area contributed by atoms with E-state index in [1.165, 1.54) is 19.2 Å². The largest absolute Gasteiger partial charge is 0.453 e. The quantitative estimate of drug-likeness (QED) is 0.747. The summed E-state index contributed by atoms with van der Waals surface area (Å²) >= 11 is 6.27. The number of hydrogen-bond acceptors (Lipinski definition) is 3. The van der Waals surface area contributed by atoms with Gasteiger partial charge in [0.1, 0.15) is 16.5 Å². The van der Waals surface area contributed by atoms with Gasteiger partial charge in [-0.15, -0.1) is 0 Å². The Kier molecular flexibility index (Phi) is 4.68. The molecule has 2 aromatic rings. The van der Waals surface area contributed by atoms with Crippen LogP contribution in [0.5, 0.6) is 0 Å². The first-order valence-corrected chi connectivity index (χ1v) is 8.49. The van der Waals surface area contributed by atoms with Crippen LogP contribution in [0.2, 0.25) is 0 Å². The maximum absolute atomic E-state index is 13.7. The first-order chi connectivity index (χ1) is 9.30. The van der Waals surface area contributed by atoms with Crippen molar-refractivity contribution in [3.8, 4) is 0 Å². The number of halogens is 3. The van der Waals surface area contributed by atoms with Crippen LogP contribution in [-0.4, -0.2) is 19.8 Å². The Balaban J connectivity index is 2.32. The molecule has 0 spiro atoms. The highest BCUT2D eigenvalue weighted by Gasteiger charge is 2.25. The van der Waals surface area contributed by atoms with Crippen LogP contribution >= 0.6 is 31.9 Å². The second kappa shape index (κ2) is 5.97. The van der Waals surface area contributed by atoms with Gasteiger partial charge in [0.2, 0.25) is 10.0 Å². The van der Waals surface area contributed by atoms with Crippen LogP contribution < -0.4 is 0 Å². The summed E-state index contributed by atoms with van der Waals surface area (Å²) in [5.74, 6) is -0.334. The highest BCUT2D eigenvalue weighted by atomic mass is 79.9. The fraction of sp³-hybridized carbons (Fsp3) is 0.167. The van der Waals surface area contributed by atoms with E-state index < -0.39 is 15.8 Å². The van der Waals surface area contributed by atoms with Gasteiger partial charge in [-0.2, -0.15) is 4.31 Å². The van der Waals surface area contributed by atoms with Crippen LogP contribution in [0.1, 0.15) is 5.76 Å². The van der Waals surface area contributed by atoms with Crippen molar-refractivity contribution in [3.63, 3.8) is 0 Å². The predicted octanol–water partition coefficient (Wildman–Crippen LogP) is 3.76. The monoisotopic (exact) mass is 425 g/mol. The zero-order chi connectivity index (χ0) is 14.9. The average molecular weight is 427 g/mol. The molecule has 0 N–H and O–H groups in total. The molecule has 0 aliphatic rings. The van der Waals surface area contributed by atoms with Gasteiger partial charge < -0.3 is 4.42 Å². The third-order valence-corrected chi connectivity index (χ3v) is 5.33. The lowest BCUT2D eigenvalue weighted by molar-refractivity contribution is 0.396. The zero-order valence-electron chi connectivity index (χ0n) is 10.3. The van der Waals surface area contributed by atoms with E-state index in [1.54, 1.807) is 12.1 Å². The van der Waals surface area contributed by atoms with Crippen molar-refractivity contribution in [2.45, 2.75) is 11.4 Å². The summed E-state index contributed by atoms with van der Waals surface area (Å²) in [4.78, 5) is -0.375. The molecule has 0 aliphatic carbocycles. The summed E-state index contributed by atoms with van der Waals surface area (Å²) in [6, 6.07) is 7.09. The van der Waals surface area contributed by atoms with Gasteiger partial charge in [-0.3, -0.25) is 0 Å². The Morgan fingerprint density at radius 2 is 1.95 bits per heavy atom. The second-order valence-electron chi connectivity index (χ2n) is 4.04. The molecule has 8 heteroatoms. The molecule has 0 saturated heterocycles. The topological polar surface area (TPSA) is 50.5 Å². The first-order valence-electron chi connectivity index (χ1n) is 5.46. The van der Waals surface area contributed by atoms with Gasteiger partial charge in [0.15, 0.2) is 4.67 Å². The summed E-state index contributed by atoms with van der Waals surface area (Å²) < 4.78 is 45.6. The molecule has 0 aliphatic heterocycles. The molecule has 0 radical (unpaired) electrons. The van der Waals surface area contributed by atoms with Crippen molar-refractivity contribution >= 4 is 41.9 Å².